The van der Waals surface area contributed by atoms with Gasteiger partial charge in [-0.05, 0) is 36.6 Å². The third-order valence-corrected chi connectivity index (χ3v) is 3.37. The lowest BCUT2D eigenvalue weighted by atomic mass is 10.1. The zero-order chi connectivity index (χ0) is 14.5. The molecule has 0 spiro atoms. The van der Waals surface area contributed by atoms with E-state index in [4.69, 9.17) is 5.26 Å². The van der Waals surface area contributed by atoms with Gasteiger partial charge in [0.05, 0.1) is 0 Å². The number of carbonyl (C=O) groups is 1. The fourth-order valence-electron chi connectivity index (χ4n) is 2.28. The average Bonchev–Trinajstić information content (AvgIpc) is 2.92. The Balaban J connectivity index is 2.13. The van der Waals surface area contributed by atoms with E-state index < -0.39 is 5.91 Å². The zero-order valence-electron chi connectivity index (χ0n) is 11.0. The summed E-state index contributed by atoms with van der Waals surface area (Å²) in [7, 11) is 0. The summed E-state index contributed by atoms with van der Waals surface area (Å²) in [6, 6.07) is 6.14. The second-order valence-corrected chi connectivity index (χ2v) is 4.87. The fourth-order valence-corrected chi connectivity index (χ4v) is 2.28. The molecule has 1 saturated carbocycles. The first kappa shape index (κ1) is 13.9. The molecule has 1 aromatic rings. The van der Waals surface area contributed by atoms with Crippen LogP contribution in [-0.4, -0.2) is 22.2 Å². The summed E-state index contributed by atoms with van der Waals surface area (Å²) in [6.45, 7) is 0. The Bertz CT molecular complexity index is 581. The highest BCUT2D eigenvalue weighted by Gasteiger charge is 2.19. The van der Waals surface area contributed by atoms with Crippen molar-refractivity contribution in [2.75, 3.05) is 0 Å². The maximum atomic E-state index is 12.0. The number of phenolic OH excluding ortho intramolecular Hbond substituents is 2. The van der Waals surface area contributed by atoms with Crippen LogP contribution in [0.5, 0.6) is 11.5 Å². The number of nitriles is 1. The molecule has 0 radical (unpaired) electrons. The molecule has 0 unspecified atom stereocenters. The molecule has 5 heteroatoms. The number of benzene rings is 1. The first-order valence-electron chi connectivity index (χ1n) is 6.55. The number of amides is 1. The number of nitrogens with zero attached hydrogens (tertiary/aromatic N) is 1. The third-order valence-electron chi connectivity index (χ3n) is 3.37. The van der Waals surface area contributed by atoms with Gasteiger partial charge in [-0.1, -0.05) is 18.9 Å². The van der Waals surface area contributed by atoms with Crippen molar-refractivity contribution in [3.8, 4) is 17.6 Å². The number of carbonyl (C=O) groups excluding carboxylic acids is 1. The van der Waals surface area contributed by atoms with E-state index in [1.54, 1.807) is 0 Å². The standard InChI is InChI=1S/C15H16N2O3/c16-9-11(15(20)17-12-3-1-2-4-12)7-10-5-6-13(18)14(19)8-10/h5-8,12,18-19H,1-4H2,(H,17,20)/b11-7+. The summed E-state index contributed by atoms with van der Waals surface area (Å²) >= 11 is 0. The van der Waals surface area contributed by atoms with Crippen LogP contribution in [-0.2, 0) is 4.79 Å². The minimum atomic E-state index is -0.396. The van der Waals surface area contributed by atoms with Crippen molar-refractivity contribution in [3.63, 3.8) is 0 Å². The first-order chi connectivity index (χ1) is 9.60. The van der Waals surface area contributed by atoms with Gasteiger partial charge in [-0.2, -0.15) is 5.26 Å². The van der Waals surface area contributed by atoms with Crippen molar-refractivity contribution in [1.29, 1.82) is 5.26 Å². The minimum Gasteiger partial charge on any atom is -0.504 e. The highest BCUT2D eigenvalue weighted by molar-refractivity contribution is 6.01. The molecule has 1 aromatic carbocycles. The monoisotopic (exact) mass is 272 g/mol. The van der Waals surface area contributed by atoms with Crippen molar-refractivity contribution in [2.45, 2.75) is 31.7 Å². The molecule has 0 aliphatic heterocycles. The van der Waals surface area contributed by atoms with Gasteiger partial charge in [0.2, 0.25) is 0 Å². The first-order valence-corrected chi connectivity index (χ1v) is 6.55. The molecule has 0 bridgehead atoms. The normalized spacial score (nSPS) is 15.8. The molecule has 0 aromatic heterocycles. The maximum Gasteiger partial charge on any atom is 0.262 e. The molecular weight excluding hydrogens is 256 g/mol. The molecule has 1 aliphatic carbocycles. The van der Waals surface area contributed by atoms with Gasteiger partial charge in [-0.25, -0.2) is 0 Å². The molecule has 20 heavy (non-hydrogen) atoms. The highest BCUT2D eigenvalue weighted by Crippen LogP contribution is 2.26. The lowest BCUT2D eigenvalue weighted by Crippen LogP contribution is -2.33. The number of nitrogens with one attached hydrogen (secondary N) is 1. The van der Waals surface area contributed by atoms with Crippen LogP contribution in [0.4, 0.5) is 0 Å². The van der Waals surface area contributed by atoms with E-state index in [0.29, 0.717) is 5.56 Å². The Morgan fingerprint density at radius 2 is 2.00 bits per heavy atom. The number of rotatable bonds is 3. The predicted molar refractivity (Wildman–Crippen MR) is 73.8 cm³/mol. The number of hydrogen-bond acceptors (Lipinski definition) is 4. The van der Waals surface area contributed by atoms with Crippen molar-refractivity contribution in [3.05, 3.63) is 29.3 Å². The molecule has 2 rings (SSSR count). The van der Waals surface area contributed by atoms with Gasteiger partial charge in [0.15, 0.2) is 11.5 Å². The smallest absolute Gasteiger partial charge is 0.262 e. The summed E-state index contributed by atoms with van der Waals surface area (Å²) < 4.78 is 0. The molecule has 3 N–H and O–H groups in total. The van der Waals surface area contributed by atoms with Crippen molar-refractivity contribution in [2.24, 2.45) is 0 Å². The second kappa shape index (κ2) is 6.11. The summed E-state index contributed by atoms with van der Waals surface area (Å²) in [5.74, 6) is -0.921. The Labute approximate surface area is 117 Å². The van der Waals surface area contributed by atoms with Crippen LogP contribution in [0, 0.1) is 11.3 Å². The third kappa shape index (κ3) is 3.29. The molecule has 0 heterocycles. The van der Waals surface area contributed by atoms with Crippen LogP contribution < -0.4 is 5.32 Å². The Morgan fingerprint density at radius 1 is 1.30 bits per heavy atom. The van der Waals surface area contributed by atoms with Gasteiger partial charge in [0, 0.05) is 6.04 Å². The van der Waals surface area contributed by atoms with Crippen LogP contribution in [0.15, 0.2) is 23.8 Å². The number of aromatic hydroxyl groups is 2. The molecular formula is C15H16N2O3. The van der Waals surface area contributed by atoms with Crippen molar-refractivity contribution < 1.29 is 15.0 Å². The molecule has 1 amide bonds. The van der Waals surface area contributed by atoms with E-state index in [2.05, 4.69) is 5.32 Å². The molecule has 1 fully saturated rings. The fraction of sp³-hybridized carbons (Fsp3) is 0.333. The average molecular weight is 272 g/mol. The van der Waals surface area contributed by atoms with E-state index in [-0.39, 0.29) is 23.1 Å². The lowest BCUT2D eigenvalue weighted by molar-refractivity contribution is -0.117. The second-order valence-electron chi connectivity index (χ2n) is 4.87. The van der Waals surface area contributed by atoms with E-state index in [1.165, 1.54) is 24.3 Å². The van der Waals surface area contributed by atoms with E-state index in [1.807, 2.05) is 6.07 Å². The van der Waals surface area contributed by atoms with Crippen LogP contribution in [0.1, 0.15) is 31.2 Å². The van der Waals surface area contributed by atoms with Crippen LogP contribution in [0.25, 0.3) is 6.08 Å². The molecule has 0 atom stereocenters. The van der Waals surface area contributed by atoms with Crippen LogP contribution in [0.2, 0.25) is 0 Å². The van der Waals surface area contributed by atoms with Gasteiger partial charge >= 0.3 is 0 Å². The summed E-state index contributed by atoms with van der Waals surface area (Å²) in [5.41, 5.74) is 0.473. The number of phenols is 2. The Hall–Kier alpha value is -2.48. The minimum absolute atomic E-state index is 0.0120. The lowest BCUT2D eigenvalue weighted by Gasteiger charge is -2.11. The predicted octanol–water partition coefficient (Wildman–Crippen LogP) is 2.06. The largest absolute Gasteiger partial charge is 0.504 e. The van der Waals surface area contributed by atoms with Gasteiger partial charge in [0.25, 0.3) is 5.91 Å². The van der Waals surface area contributed by atoms with E-state index >= 15 is 0 Å². The highest BCUT2D eigenvalue weighted by atomic mass is 16.3. The Kier molecular flexibility index (Phi) is 4.26. The topological polar surface area (TPSA) is 93.3 Å². The van der Waals surface area contributed by atoms with Gasteiger partial charge in [-0.15, -0.1) is 0 Å². The molecule has 104 valence electrons. The number of hydrogen-bond donors (Lipinski definition) is 3. The zero-order valence-corrected chi connectivity index (χ0v) is 11.0. The summed E-state index contributed by atoms with van der Waals surface area (Å²) in [4.78, 5) is 12.0. The van der Waals surface area contributed by atoms with Gasteiger partial charge in [0.1, 0.15) is 11.6 Å². The Morgan fingerprint density at radius 3 is 2.60 bits per heavy atom. The summed E-state index contributed by atoms with van der Waals surface area (Å²) in [6.07, 6.45) is 5.49. The SMILES string of the molecule is N#C/C(=C\c1ccc(O)c(O)c1)C(=O)NC1CCCC1. The van der Waals surface area contributed by atoms with E-state index in [0.717, 1.165) is 25.7 Å². The maximum absolute atomic E-state index is 12.0. The molecule has 5 nitrogen and oxygen atoms in total. The van der Waals surface area contributed by atoms with E-state index in [9.17, 15) is 15.0 Å². The molecule has 1 aliphatic rings. The van der Waals surface area contributed by atoms with Gasteiger partial charge in [-0.3, -0.25) is 4.79 Å². The van der Waals surface area contributed by atoms with Crippen molar-refractivity contribution >= 4 is 12.0 Å². The molecule has 0 saturated heterocycles. The van der Waals surface area contributed by atoms with Gasteiger partial charge < -0.3 is 15.5 Å². The summed E-state index contributed by atoms with van der Waals surface area (Å²) in [5, 5.41) is 30.5. The van der Waals surface area contributed by atoms with Crippen molar-refractivity contribution in [1.82, 2.24) is 5.32 Å². The quantitative estimate of drug-likeness (QED) is 0.446. The van der Waals surface area contributed by atoms with Crippen LogP contribution in [0.3, 0.4) is 0 Å². The van der Waals surface area contributed by atoms with Crippen LogP contribution >= 0.6 is 0 Å².